The minimum atomic E-state index is -0.347. The van der Waals surface area contributed by atoms with Gasteiger partial charge in [-0.15, -0.1) is 0 Å². The number of nitrogens with zero attached hydrogens (tertiary/aromatic N) is 1. The van der Waals surface area contributed by atoms with E-state index in [1.807, 2.05) is 24.3 Å². The van der Waals surface area contributed by atoms with E-state index in [-0.39, 0.29) is 24.9 Å². The Kier molecular flexibility index (Phi) is 7.42. The zero-order chi connectivity index (χ0) is 15.7. The van der Waals surface area contributed by atoms with E-state index in [1.54, 1.807) is 0 Å². The van der Waals surface area contributed by atoms with Gasteiger partial charge in [0.2, 0.25) is 11.8 Å². The fraction of sp³-hybridized carbons (Fsp3) is 0.467. The summed E-state index contributed by atoms with van der Waals surface area (Å²) in [6.07, 6.45) is 0. The third-order valence-electron chi connectivity index (χ3n) is 3.14. The lowest BCUT2D eigenvalue weighted by molar-refractivity contribution is -0.123. The van der Waals surface area contributed by atoms with Crippen LogP contribution in [0.25, 0.3) is 0 Å². The van der Waals surface area contributed by atoms with Crippen molar-refractivity contribution < 1.29 is 9.59 Å². The molecule has 0 fully saturated rings. The van der Waals surface area contributed by atoms with Gasteiger partial charge in [-0.1, -0.05) is 26.0 Å². The summed E-state index contributed by atoms with van der Waals surface area (Å²) in [4.78, 5) is 25.0. The largest absolute Gasteiger partial charge is 0.346 e. The topological polar surface area (TPSA) is 87.5 Å². The van der Waals surface area contributed by atoms with Crippen molar-refractivity contribution in [3.05, 3.63) is 29.8 Å². The number of amides is 2. The second-order valence-corrected chi connectivity index (χ2v) is 4.69. The minimum Gasteiger partial charge on any atom is -0.346 e. The summed E-state index contributed by atoms with van der Waals surface area (Å²) in [5, 5.41) is 5.19. The monoisotopic (exact) mass is 292 g/mol. The molecule has 4 N–H and O–H groups in total. The van der Waals surface area contributed by atoms with Crippen molar-refractivity contribution in [2.45, 2.75) is 20.4 Å². The first-order valence-corrected chi connectivity index (χ1v) is 7.16. The summed E-state index contributed by atoms with van der Waals surface area (Å²) in [5.41, 5.74) is 7.02. The number of carbonyl (C=O) groups excluding carboxylic acids is 2. The van der Waals surface area contributed by atoms with Crippen LogP contribution in [0, 0.1) is 0 Å². The molecule has 0 aliphatic carbocycles. The molecule has 0 aliphatic heterocycles. The summed E-state index contributed by atoms with van der Waals surface area (Å²) in [6.45, 7) is 6.87. The fourth-order valence-electron chi connectivity index (χ4n) is 1.91. The van der Waals surface area contributed by atoms with Gasteiger partial charge in [0.15, 0.2) is 0 Å². The zero-order valence-electron chi connectivity index (χ0n) is 12.7. The van der Waals surface area contributed by atoms with Gasteiger partial charge in [-0.05, 0) is 30.8 Å². The average Bonchev–Trinajstić information content (AvgIpc) is 2.50. The van der Waals surface area contributed by atoms with Gasteiger partial charge in [-0.3, -0.25) is 14.5 Å². The van der Waals surface area contributed by atoms with E-state index in [1.165, 1.54) is 0 Å². The Morgan fingerprint density at radius 2 is 1.90 bits per heavy atom. The smallest absolute Gasteiger partial charge is 0.243 e. The van der Waals surface area contributed by atoms with Gasteiger partial charge in [0.05, 0.1) is 13.1 Å². The van der Waals surface area contributed by atoms with Crippen LogP contribution in [0.5, 0.6) is 0 Å². The van der Waals surface area contributed by atoms with Crippen molar-refractivity contribution in [1.82, 2.24) is 10.2 Å². The van der Waals surface area contributed by atoms with E-state index in [2.05, 4.69) is 29.4 Å². The number of nitrogens with one attached hydrogen (secondary N) is 2. The van der Waals surface area contributed by atoms with Crippen molar-refractivity contribution in [1.29, 1.82) is 0 Å². The van der Waals surface area contributed by atoms with E-state index in [4.69, 9.17) is 5.73 Å². The molecule has 1 aromatic carbocycles. The second-order valence-electron chi connectivity index (χ2n) is 4.69. The standard InChI is InChI=1S/C15H24N4O2/c1-3-19(4-2)11-12-6-5-7-13(8-12)18-15(21)10-17-14(20)9-16/h5-8H,3-4,9-11,16H2,1-2H3,(H,17,20)(H,18,21). The first-order chi connectivity index (χ1) is 10.1. The minimum absolute atomic E-state index is 0.0731. The van der Waals surface area contributed by atoms with Crippen molar-refractivity contribution in [3.8, 4) is 0 Å². The van der Waals surface area contributed by atoms with Gasteiger partial charge in [0.25, 0.3) is 0 Å². The number of nitrogens with two attached hydrogens (primary N) is 1. The molecule has 0 heterocycles. The average molecular weight is 292 g/mol. The van der Waals surface area contributed by atoms with E-state index in [9.17, 15) is 9.59 Å². The Morgan fingerprint density at radius 1 is 1.19 bits per heavy atom. The Morgan fingerprint density at radius 3 is 2.52 bits per heavy atom. The molecule has 0 saturated carbocycles. The molecule has 0 unspecified atom stereocenters. The summed E-state index contributed by atoms with van der Waals surface area (Å²) in [5.74, 6) is -0.614. The molecule has 0 atom stereocenters. The van der Waals surface area contributed by atoms with E-state index < -0.39 is 0 Å². The van der Waals surface area contributed by atoms with Crippen LogP contribution in [-0.4, -0.2) is 42.9 Å². The van der Waals surface area contributed by atoms with E-state index >= 15 is 0 Å². The first kappa shape index (κ1) is 17.1. The Hall–Kier alpha value is -1.92. The molecular weight excluding hydrogens is 268 g/mol. The quantitative estimate of drug-likeness (QED) is 0.652. The van der Waals surface area contributed by atoms with Crippen molar-refractivity contribution in [3.63, 3.8) is 0 Å². The number of hydrogen-bond donors (Lipinski definition) is 3. The lowest BCUT2D eigenvalue weighted by atomic mass is 10.2. The van der Waals surface area contributed by atoms with Crippen molar-refractivity contribution in [2.75, 3.05) is 31.5 Å². The lowest BCUT2D eigenvalue weighted by Crippen LogP contribution is -2.36. The van der Waals surface area contributed by atoms with Crippen LogP contribution in [0.15, 0.2) is 24.3 Å². The summed E-state index contributed by atoms with van der Waals surface area (Å²) < 4.78 is 0. The van der Waals surface area contributed by atoms with Gasteiger partial charge < -0.3 is 16.4 Å². The van der Waals surface area contributed by atoms with Gasteiger partial charge in [-0.25, -0.2) is 0 Å². The normalized spacial score (nSPS) is 10.5. The lowest BCUT2D eigenvalue weighted by Gasteiger charge is -2.18. The molecule has 0 bridgehead atoms. The molecule has 2 amide bonds. The predicted octanol–water partition coefficient (Wildman–Crippen LogP) is 0.542. The molecule has 1 aromatic rings. The number of carbonyl (C=O) groups is 2. The molecule has 116 valence electrons. The number of rotatable bonds is 8. The van der Waals surface area contributed by atoms with Crippen LogP contribution < -0.4 is 16.4 Å². The van der Waals surface area contributed by atoms with Crippen LogP contribution >= 0.6 is 0 Å². The SMILES string of the molecule is CCN(CC)Cc1cccc(NC(=O)CNC(=O)CN)c1. The summed E-state index contributed by atoms with van der Waals surface area (Å²) in [6, 6.07) is 7.71. The highest BCUT2D eigenvalue weighted by atomic mass is 16.2. The molecule has 0 aliphatic rings. The van der Waals surface area contributed by atoms with E-state index in [0.29, 0.717) is 0 Å². The molecule has 0 aromatic heterocycles. The predicted molar refractivity (Wildman–Crippen MR) is 83.8 cm³/mol. The van der Waals surface area contributed by atoms with Crippen molar-refractivity contribution in [2.24, 2.45) is 5.73 Å². The van der Waals surface area contributed by atoms with Gasteiger partial charge in [-0.2, -0.15) is 0 Å². The number of anilines is 1. The molecule has 21 heavy (non-hydrogen) atoms. The van der Waals surface area contributed by atoms with Gasteiger partial charge in [0.1, 0.15) is 0 Å². The molecule has 0 saturated heterocycles. The maximum atomic E-state index is 11.7. The summed E-state index contributed by atoms with van der Waals surface area (Å²) in [7, 11) is 0. The maximum Gasteiger partial charge on any atom is 0.243 e. The molecule has 0 radical (unpaired) electrons. The highest BCUT2D eigenvalue weighted by molar-refractivity contribution is 5.94. The number of hydrogen-bond acceptors (Lipinski definition) is 4. The Balaban J connectivity index is 2.55. The molecule has 6 nitrogen and oxygen atoms in total. The molecule has 1 rings (SSSR count). The fourth-order valence-corrected chi connectivity index (χ4v) is 1.91. The Labute approximate surface area is 125 Å². The van der Waals surface area contributed by atoms with Crippen molar-refractivity contribution >= 4 is 17.5 Å². The molecule has 0 spiro atoms. The third kappa shape index (κ3) is 6.37. The van der Waals surface area contributed by atoms with Crippen LogP contribution in [-0.2, 0) is 16.1 Å². The zero-order valence-corrected chi connectivity index (χ0v) is 12.7. The Bertz CT molecular complexity index is 472. The van der Waals surface area contributed by atoms with Gasteiger partial charge in [0, 0.05) is 12.2 Å². The van der Waals surface area contributed by atoms with Crippen LogP contribution in [0.1, 0.15) is 19.4 Å². The first-order valence-electron chi connectivity index (χ1n) is 7.16. The van der Waals surface area contributed by atoms with Crippen LogP contribution in [0.3, 0.4) is 0 Å². The van der Waals surface area contributed by atoms with Crippen LogP contribution in [0.2, 0.25) is 0 Å². The third-order valence-corrected chi connectivity index (χ3v) is 3.14. The highest BCUT2D eigenvalue weighted by Crippen LogP contribution is 2.12. The second kappa shape index (κ2) is 9.10. The summed E-state index contributed by atoms with van der Waals surface area (Å²) >= 11 is 0. The van der Waals surface area contributed by atoms with Crippen LogP contribution in [0.4, 0.5) is 5.69 Å². The molecular formula is C15H24N4O2. The maximum absolute atomic E-state index is 11.7. The number of benzene rings is 1. The highest BCUT2D eigenvalue weighted by Gasteiger charge is 2.06. The van der Waals surface area contributed by atoms with E-state index in [0.717, 1.165) is 30.9 Å². The molecule has 6 heteroatoms. The van der Waals surface area contributed by atoms with Gasteiger partial charge >= 0.3 is 0 Å².